The van der Waals surface area contributed by atoms with Crippen LogP contribution in [0.15, 0.2) is 59.5 Å². The van der Waals surface area contributed by atoms with Crippen LogP contribution in [0.2, 0.25) is 5.02 Å². The maximum Gasteiger partial charge on any atom is 0.275 e. The van der Waals surface area contributed by atoms with Gasteiger partial charge in [0, 0.05) is 11.6 Å². The van der Waals surface area contributed by atoms with Crippen molar-refractivity contribution in [1.82, 2.24) is 9.62 Å². The molecular weight excluding hydrogens is 386 g/mol. The summed E-state index contributed by atoms with van der Waals surface area (Å²) in [4.78, 5) is 13.5. The largest absolute Gasteiger partial charge is 0.347 e. The first-order chi connectivity index (χ1) is 12.9. The van der Waals surface area contributed by atoms with Crippen molar-refractivity contribution in [3.8, 4) is 0 Å². The van der Waals surface area contributed by atoms with Gasteiger partial charge in [-0.05, 0) is 29.8 Å². The van der Waals surface area contributed by atoms with Crippen LogP contribution in [0.4, 0.5) is 0 Å². The lowest BCUT2D eigenvalue weighted by atomic mass is 10.2. The van der Waals surface area contributed by atoms with Crippen molar-refractivity contribution in [3.05, 3.63) is 65.2 Å². The van der Waals surface area contributed by atoms with Gasteiger partial charge in [0.05, 0.1) is 31.1 Å². The maximum absolute atomic E-state index is 12.7. The first kappa shape index (κ1) is 19.8. The highest BCUT2D eigenvalue weighted by molar-refractivity contribution is 7.89. The number of rotatable bonds is 6. The van der Waals surface area contributed by atoms with E-state index in [0.29, 0.717) is 44.3 Å². The molecule has 0 unspecified atom stereocenters. The lowest BCUT2D eigenvalue weighted by molar-refractivity contribution is -0.895. The number of nitrogens with one attached hydrogen (secondary N) is 2. The fourth-order valence-electron chi connectivity index (χ4n) is 3.06. The predicted molar refractivity (Wildman–Crippen MR) is 104 cm³/mol. The van der Waals surface area contributed by atoms with Crippen LogP contribution in [-0.4, -0.2) is 51.4 Å². The first-order valence-electron chi connectivity index (χ1n) is 8.85. The Bertz CT molecular complexity index is 865. The number of amides is 1. The van der Waals surface area contributed by atoms with Gasteiger partial charge in [0.1, 0.15) is 0 Å². The number of sulfonamides is 1. The van der Waals surface area contributed by atoms with Crippen molar-refractivity contribution in [2.24, 2.45) is 0 Å². The number of quaternary nitrogens is 1. The van der Waals surface area contributed by atoms with Gasteiger partial charge in [0.15, 0.2) is 6.54 Å². The van der Waals surface area contributed by atoms with E-state index in [1.54, 1.807) is 12.1 Å². The minimum Gasteiger partial charge on any atom is -0.347 e. The Morgan fingerprint density at radius 3 is 2.30 bits per heavy atom. The van der Waals surface area contributed by atoms with Gasteiger partial charge in [-0.3, -0.25) is 4.79 Å². The van der Waals surface area contributed by atoms with Crippen molar-refractivity contribution < 1.29 is 18.1 Å². The van der Waals surface area contributed by atoms with Crippen LogP contribution >= 0.6 is 11.6 Å². The molecule has 6 nitrogen and oxygen atoms in total. The molecule has 0 spiro atoms. The molecule has 1 heterocycles. The minimum atomic E-state index is -3.52. The second kappa shape index (κ2) is 8.84. The number of nitrogens with zero attached hydrogens (tertiary/aromatic N) is 1. The molecule has 0 atom stereocenters. The fraction of sp³-hybridized carbons (Fsp3) is 0.316. The lowest BCUT2D eigenvalue weighted by Crippen LogP contribution is -3.15. The van der Waals surface area contributed by atoms with Gasteiger partial charge in [-0.2, -0.15) is 4.31 Å². The Morgan fingerprint density at radius 1 is 1.04 bits per heavy atom. The smallest absolute Gasteiger partial charge is 0.275 e. The van der Waals surface area contributed by atoms with E-state index in [1.165, 1.54) is 16.4 Å². The fourth-order valence-corrected chi connectivity index (χ4v) is 4.63. The number of halogens is 1. The molecule has 8 heteroatoms. The highest BCUT2D eigenvalue weighted by Gasteiger charge is 2.31. The van der Waals surface area contributed by atoms with Crippen LogP contribution in [0.1, 0.15) is 5.56 Å². The van der Waals surface area contributed by atoms with Crippen LogP contribution in [0.5, 0.6) is 0 Å². The second-order valence-electron chi connectivity index (χ2n) is 6.55. The summed E-state index contributed by atoms with van der Waals surface area (Å²) in [5, 5.41) is 3.42. The van der Waals surface area contributed by atoms with Gasteiger partial charge >= 0.3 is 0 Å². The minimum absolute atomic E-state index is 0.0251. The normalized spacial score (nSPS) is 16.2. The lowest BCUT2D eigenvalue weighted by Gasteiger charge is -2.31. The third kappa shape index (κ3) is 5.29. The number of benzene rings is 2. The Balaban J connectivity index is 1.48. The third-order valence-corrected chi connectivity index (χ3v) is 6.79. The van der Waals surface area contributed by atoms with E-state index in [2.05, 4.69) is 5.32 Å². The standard InChI is InChI=1S/C19H22ClN3O3S/c20-17-6-8-18(9-7-17)27(25,26)23-12-10-22(11-13-23)15-19(24)21-14-16-4-2-1-3-5-16/h1-9H,10-15H2,(H,21,24)/p+1. The van der Waals surface area contributed by atoms with E-state index < -0.39 is 10.0 Å². The Kier molecular flexibility index (Phi) is 6.49. The van der Waals surface area contributed by atoms with Gasteiger partial charge in [-0.15, -0.1) is 0 Å². The SMILES string of the molecule is O=C(C[NH+]1CCN(S(=O)(=O)c2ccc(Cl)cc2)CC1)NCc1ccccc1. The molecule has 1 saturated heterocycles. The Labute approximate surface area is 164 Å². The number of piperazine rings is 1. The summed E-state index contributed by atoms with van der Waals surface area (Å²) < 4.78 is 26.8. The van der Waals surface area contributed by atoms with Gasteiger partial charge in [0.25, 0.3) is 5.91 Å². The van der Waals surface area contributed by atoms with E-state index in [-0.39, 0.29) is 10.8 Å². The van der Waals surface area contributed by atoms with E-state index >= 15 is 0 Å². The molecule has 1 fully saturated rings. The van der Waals surface area contributed by atoms with Crippen LogP contribution < -0.4 is 10.2 Å². The third-order valence-electron chi connectivity index (χ3n) is 4.62. The molecule has 2 aromatic rings. The number of hydrogen-bond acceptors (Lipinski definition) is 3. The van der Waals surface area contributed by atoms with Gasteiger partial charge in [-0.25, -0.2) is 8.42 Å². The summed E-state index contributed by atoms with van der Waals surface area (Å²) in [6.07, 6.45) is 0. The average molecular weight is 409 g/mol. The summed E-state index contributed by atoms with van der Waals surface area (Å²) in [6, 6.07) is 15.9. The highest BCUT2D eigenvalue weighted by atomic mass is 35.5. The van der Waals surface area contributed by atoms with E-state index in [0.717, 1.165) is 10.5 Å². The van der Waals surface area contributed by atoms with Crippen LogP contribution in [-0.2, 0) is 21.4 Å². The summed E-state index contributed by atoms with van der Waals surface area (Å²) >= 11 is 5.83. The molecule has 1 aliphatic rings. The summed E-state index contributed by atoms with van der Waals surface area (Å²) in [6.45, 7) is 2.85. The zero-order valence-electron chi connectivity index (χ0n) is 14.9. The molecule has 1 amide bonds. The molecule has 2 aromatic carbocycles. The maximum atomic E-state index is 12.7. The molecule has 144 valence electrons. The van der Waals surface area contributed by atoms with Crippen molar-refractivity contribution >= 4 is 27.5 Å². The number of carbonyl (C=O) groups excluding carboxylic acids is 1. The molecule has 2 N–H and O–H groups in total. The Morgan fingerprint density at radius 2 is 1.67 bits per heavy atom. The molecule has 0 radical (unpaired) electrons. The van der Waals surface area contributed by atoms with Crippen LogP contribution in [0.25, 0.3) is 0 Å². The monoisotopic (exact) mass is 408 g/mol. The summed E-state index contributed by atoms with van der Waals surface area (Å²) in [5.41, 5.74) is 1.06. The zero-order chi connectivity index (χ0) is 19.3. The number of hydrogen-bond donors (Lipinski definition) is 2. The summed E-state index contributed by atoms with van der Waals surface area (Å²) in [5.74, 6) is -0.0251. The topological polar surface area (TPSA) is 70.9 Å². The molecule has 0 aliphatic carbocycles. The molecule has 27 heavy (non-hydrogen) atoms. The average Bonchev–Trinajstić information content (AvgIpc) is 2.68. The molecule has 0 bridgehead atoms. The number of carbonyl (C=O) groups is 1. The molecular formula is C19H23ClN3O3S+. The van der Waals surface area contributed by atoms with Crippen LogP contribution in [0.3, 0.4) is 0 Å². The van der Waals surface area contributed by atoms with E-state index in [4.69, 9.17) is 11.6 Å². The molecule has 0 aromatic heterocycles. The van der Waals surface area contributed by atoms with Gasteiger partial charge < -0.3 is 10.2 Å². The van der Waals surface area contributed by atoms with E-state index in [9.17, 15) is 13.2 Å². The highest BCUT2D eigenvalue weighted by Crippen LogP contribution is 2.18. The first-order valence-corrected chi connectivity index (χ1v) is 10.7. The van der Waals surface area contributed by atoms with Crippen LogP contribution in [0, 0.1) is 0 Å². The summed E-state index contributed by atoms with van der Waals surface area (Å²) in [7, 11) is -3.52. The zero-order valence-corrected chi connectivity index (χ0v) is 16.5. The van der Waals surface area contributed by atoms with Crippen molar-refractivity contribution in [2.75, 3.05) is 32.7 Å². The van der Waals surface area contributed by atoms with Crippen molar-refractivity contribution in [3.63, 3.8) is 0 Å². The second-order valence-corrected chi connectivity index (χ2v) is 8.92. The molecule has 0 saturated carbocycles. The van der Waals surface area contributed by atoms with Crippen molar-refractivity contribution in [2.45, 2.75) is 11.4 Å². The van der Waals surface area contributed by atoms with Crippen molar-refractivity contribution in [1.29, 1.82) is 0 Å². The van der Waals surface area contributed by atoms with Gasteiger partial charge in [0.2, 0.25) is 10.0 Å². The molecule has 1 aliphatic heterocycles. The predicted octanol–water partition coefficient (Wildman–Crippen LogP) is 0.546. The van der Waals surface area contributed by atoms with E-state index in [1.807, 2.05) is 30.3 Å². The molecule has 3 rings (SSSR count). The Hall–Kier alpha value is -1.93. The quantitative estimate of drug-likeness (QED) is 0.733. The van der Waals surface area contributed by atoms with Gasteiger partial charge in [-0.1, -0.05) is 41.9 Å².